The fourth-order valence-corrected chi connectivity index (χ4v) is 4.57. The van der Waals surface area contributed by atoms with Gasteiger partial charge in [0.05, 0.1) is 16.6 Å². The SMILES string of the molecule is CO[C@H]1CCOC2(C1)CN(S(=O)(=O)c1cccc(F)c1)C2. The Morgan fingerprint density at radius 3 is 2.86 bits per heavy atom. The van der Waals surface area contributed by atoms with Gasteiger partial charge in [-0.3, -0.25) is 0 Å². The van der Waals surface area contributed by atoms with Crippen LogP contribution in [-0.4, -0.2) is 51.2 Å². The molecule has 0 aliphatic carbocycles. The van der Waals surface area contributed by atoms with Crippen molar-refractivity contribution in [2.24, 2.45) is 0 Å². The van der Waals surface area contributed by atoms with Gasteiger partial charge in [0, 0.05) is 33.2 Å². The van der Waals surface area contributed by atoms with Gasteiger partial charge in [-0.05, 0) is 24.6 Å². The van der Waals surface area contributed by atoms with E-state index in [9.17, 15) is 12.8 Å². The predicted molar refractivity (Wildman–Crippen MR) is 73.9 cm³/mol. The molecule has 2 aliphatic heterocycles. The minimum Gasteiger partial charge on any atom is -0.381 e. The molecule has 0 radical (unpaired) electrons. The largest absolute Gasteiger partial charge is 0.381 e. The minimum atomic E-state index is -3.65. The van der Waals surface area contributed by atoms with Crippen LogP contribution in [0, 0.1) is 5.82 Å². The van der Waals surface area contributed by atoms with E-state index in [1.165, 1.54) is 22.5 Å². The maximum atomic E-state index is 13.2. The van der Waals surface area contributed by atoms with Crippen LogP contribution >= 0.6 is 0 Å². The first-order valence-electron chi connectivity index (χ1n) is 6.88. The Morgan fingerprint density at radius 2 is 2.19 bits per heavy atom. The molecule has 0 N–H and O–H groups in total. The van der Waals surface area contributed by atoms with Gasteiger partial charge in [-0.15, -0.1) is 0 Å². The molecule has 21 heavy (non-hydrogen) atoms. The van der Waals surface area contributed by atoms with E-state index in [-0.39, 0.29) is 11.0 Å². The van der Waals surface area contributed by atoms with Crippen LogP contribution in [0.3, 0.4) is 0 Å². The molecule has 2 heterocycles. The van der Waals surface area contributed by atoms with Gasteiger partial charge in [-0.25, -0.2) is 12.8 Å². The Hall–Kier alpha value is -1.02. The third-order valence-corrected chi connectivity index (χ3v) is 5.93. The van der Waals surface area contributed by atoms with Gasteiger partial charge in [0.25, 0.3) is 0 Å². The number of rotatable bonds is 3. The number of hydrogen-bond donors (Lipinski definition) is 0. The summed E-state index contributed by atoms with van der Waals surface area (Å²) in [6, 6.07) is 5.07. The van der Waals surface area contributed by atoms with Crippen molar-refractivity contribution < 1.29 is 22.3 Å². The van der Waals surface area contributed by atoms with E-state index in [0.717, 1.165) is 12.5 Å². The van der Waals surface area contributed by atoms with Crippen LogP contribution in [0.15, 0.2) is 29.2 Å². The van der Waals surface area contributed by atoms with Gasteiger partial charge in [-0.2, -0.15) is 4.31 Å². The lowest BCUT2D eigenvalue weighted by Gasteiger charge is -2.51. The Balaban J connectivity index is 1.73. The molecule has 7 heteroatoms. The zero-order valence-electron chi connectivity index (χ0n) is 11.8. The molecule has 5 nitrogen and oxygen atoms in total. The standard InChI is InChI=1S/C14H18FNO4S/c1-19-12-5-6-20-14(8-12)9-16(10-14)21(17,18)13-4-2-3-11(15)7-13/h2-4,7,12H,5-6,8-10H2,1H3/t12-/m0/s1. The summed E-state index contributed by atoms with van der Waals surface area (Å²) in [6.07, 6.45) is 1.63. The predicted octanol–water partition coefficient (Wildman–Crippen LogP) is 1.39. The molecule has 2 fully saturated rings. The van der Waals surface area contributed by atoms with Gasteiger partial charge >= 0.3 is 0 Å². The van der Waals surface area contributed by atoms with E-state index in [4.69, 9.17) is 9.47 Å². The number of sulfonamides is 1. The summed E-state index contributed by atoms with van der Waals surface area (Å²) in [4.78, 5) is -0.0172. The maximum Gasteiger partial charge on any atom is 0.243 e. The van der Waals surface area contributed by atoms with Crippen molar-refractivity contribution in [2.75, 3.05) is 26.8 Å². The van der Waals surface area contributed by atoms with Crippen molar-refractivity contribution >= 4 is 10.0 Å². The molecule has 1 atom stereocenters. The van der Waals surface area contributed by atoms with Crippen LogP contribution < -0.4 is 0 Å². The summed E-state index contributed by atoms with van der Waals surface area (Å²) in [6.45, 7) is 1.17. The van der Waals surface area contributed by atoms with E-state index in [2.05, 4.69) is 0 Å². The van der Waals surface area contributed by atoms with Crippen LogP contribution in [0.25, 0.3) is 0 Å². The molecule has 0 aromatic heterocycles. The third-order valence-electron chi connectivity index (χ3n) is 4.14. The van der Waals surface area contributed by atoms with E-state index in [1.54, 1.807) is 7.11 Å². The molecule has 2 aliphatic rings. The van der Waals surface area contributed by atoms with E-state index in [0.29, 0.717) is 26.1 Å². The quantitative estimate of drug-likeness (QED) is 0.846. The number of ether oxygens (including phenoxy) is 2. The lowest BCUT2D eigenvalue weighted by atomic mass is 9.86. The number of nitrogens with zero attached hydrogens (tertiary/aromatic N) is 1. The monoisotopic (exact) mass is 315 g/mol. The highest BCUT2D eigenvalue weighted by atomic mass is 32.2. The van der Waals surface area contributed by atoms with Crippen LogP contribution in [0.2, 0.25) is 0 Å². The molecule has 3 rings (SSSR count). The number of halogens is 1. The molecule has 0 bridgehead atoms. The highest BCUT2D eigenvalue weighted by Gasteiger charge is 2.52. The number of benzene rings is 1. The van der Waals surface area contributed by atoms with Crippen molar-refractivity contribution in [1.82, 2.24) is 4.31 Å². The molecule has 116 valence electrons. The average molecular weight is 315 g/mol. The molecule has 1 aromatic rings. The highest BCUT2D eigenvalue weighted by Crippen LogP contribution is 2.38. The van der Waals surface area contributed by atoms with Crippen molar-refractivity contribution in [2.45, 2.75) is 29.4 Å². The Labute approximate surface area is 123 Å². The molecule has 1 aromatic carbocycles. The summed E-state index contributed by atoms with van der Waals surface area (Å²) in [5, 5.41) is 0. The van der Waals surface area contributed by atoms with Crippen molar-refractivity contribution in [3.8, 4) is 0 Å². The Bertz CT molecular complexity index is 628. The highest BCUT2D eigenvalue weighted by molar-refractivity contribution is 7.89. The fourth-order valence-electron chi connectivity index (χ4n) is 2.95. The van der Waals surface area contributed by atoms with Crippen LogP contribution in [0.4, 0.5) is 4.39 Å². The van der Waals surface area contributed by atoms with Crippen LogP contribution in [0.1, 0.15) is 12.8 Å². The molecule has 0 amide bonds. The van der Waals surface area contributed by atoms with Crippen LogP contribution in [0.5, 0.6) is 0 Å². The second kappa shape index (κ2) is 5.31. The summed E-state index contributed by atoms with van der Waals surface area (Å²) in [5.41, 5.74) is -0.445. The molecule has 0 saturated carbocycles. The second-order valence-electron chi connectivity index (χ2n) is 5.61. The smallest absolute Gasteiger partial charge is 0.243 e. The first-order valence-corrected chi connectivity index (χ1v) is 8.32. The Kier molecular flexibility index (Phi) is 3.77. The molecular formula is C14H18FNO4S. The molecule has 2 saturated heterocycles. The van der Waals surface area contributed by atoms with Gasteiger partial charge < -0.3 is 9.47 Å². The van der Waals surface area contributed by atoms with Gasteiger partial charge in [0.1, 0.15) is 5.82 Å². The first kappa shape index (κ1) is 14.9. The number of hydrogen-bond acceptors (Lipinski definition) is 4. The lowest BCUT2D eigenvalue weighted by molar-refractivity contribution is -0.173. The van der Waals surface area contributed by atoms with Gasteiger partial charge in [-0.1, -0.05) is 6.07 Å². The molecule has 1 spiro atoms. The van der Waals surface area contributed by atoms with Gasteiger partial charge in [0.15, 0.2) is 0 Å². The summed E-state index contributed by atoms with van der Waals surface area (Å²) in [5.74, 6) is -0.556. The summed E-state index contributed by atoms with van der Waals surface area (Å²) >= 11 is 0. The van der Waals surface area contributed by atoms with Gasteiger partial charge in [0.2, 0.25) is 10.0 Å². The van der Waals surface area contributed by atoms with E-state index < -0.39 is 21.4 Å². The first-order chi connectivity index (χ1) is 9.95. The van der Waals surface area contributed by atoms with Crippen molar-refractivity contribution in [3.63, 3.8) is 0 Å². The van der Waals surface area contributed by atoms with E-state index >= 15 is 0 Å². The van der Waals surface area contributed by atoms with Crippen LogP contribution in [-0.2, 0) is 19.5 Å². The molecule has 0 unspecified atom stereocenters. The summed E-state index contributed by atoms with van der Waals surface area (Å²) in [7, 11) is -2.00. The van der Waals surface area contributed by atoms with Crippen molar-refractivity contribution in [3.05, 3.63) is 30.1 Å². The van der Waals surface area contributed by atoms with E-state index in [1.807, 2.05) is 0 Å². The Morgan fingerprint density at radius 1 is 1.43 bits per heavy atom. The lowest BCUT2D eigenvalue weighted by Crippen LogP contribution is -2.67. The van der Waals surface area contributed by atoms with Crippen molar-refractivity contribution in [1.29, 1.82) is 0 Å². The zero-order chi connectivity index (χ0) is 15.1. The fraction of sp³-hybridized carbons (Fsp3) is 0.571. The third kappa shape index (κ3) is 2.70. The minimum absolute atomic E-state index is 0.0172. The zero-order valence-corrected chi connectivity index (χ0v) is 12.6. The summed E-state index contributed by atoms with van der Waals surface area (Å²) < 4.78 is 50.5. The number of methoxy groups -OCH3 is 1. The average Bonchev–Trinajstić information content (AvgIpc) is 2.44. The normalized spacial score (nSPS) is 25.7. The molecular weight excluding hydrogens is 297 g/mol. The maximum absolute atomic E-state index is 13.2. The topological polar surface area (TPSA) is 55.8 Å². The second-order valence-corrected chi connectivity index (χ2v) is 7.55.